The number of rotatable bonds is 2. The molecule has 1 aliphatic rings. The van der Waals surface area contributed by atoms with E-state index < -0.39 is 0 Å². The number of carbonyl (C=O) groups is 1. The summed E-state index contributed by atoms with van der Waals surface area (Å²) in [6.45, 7) is 2.29. The molecule has 0 fully saturated rings. The first kappa shape index (κ1) is 14.8. The van der Waals surface area contributed by atoms with Gasteiger partial charge >= 0.3 is 0 Å². The minimum Gasteiger partial charge on any atom is -0.399 e. The van der Waals surface area contributed by atoms with E-state index >= 15 is 0 Å². The van der Waals surface area contributed by atoms with E-state index in [0.29, 0.717) is 22.9 Å². The van der Waals surface area contributed by atoms with Gasteiger partial charge in [-0.2, -0.15) is 0 Å². The van der Waals surface area contributed by atoms with Gasteiger partial charge in [-0.05, 0) is 55.0 Å². The fourth-order valence-electron chi connectivity index (χ4n) is 3.62. The molecule has 0 saturated heterocycles. The molecule has 1 atom stereocenters. The van der Waals surface area contributed by atoms with Crippen LogP contribution in [0, 0.1) is 5.92 Å². The van der Waals surface area contributed by atoms with Crippen LogP contribution in [0.2, 0.25) is 0 Å². The van der Waals surface area contributed by atoms with E-state index in [1.54, 1.807) is 12.1 Å². The Bertz CT molecular complexity index is 926. The highest BCUT2D eigenvalue weighted by atomic mass is 16.1. The van der Waals surface area contributed by atoms with E-state index in [9.17, 15) is 4.79 Å². The summed E-state index contributed by atoms with van der Waals surface area (Å²) >= 11 is 0. The van der Waals surface area contributed by atoms with Crippen LogP contribution in [0.5, 0.6) is 0 Å². The fraction of sp³-hybridized carbons (Fsp3) is 0.250. The number of hydrogen-bond donors (Lipinski definition) is 3. The first-order chi connectivity index (χ1) is 11.6. The van der Waals surface area contributed by atoms with Gasteiger partial charge in [-0.15, -0.1) is 0 Å². The predicted octanol–water partition coefficient (Wildman–Crippen LogP) is 4.13. The molecule has 4 heteroatoms. The van der Waals surface area contributed by atoms with Gasteiger partial charge in [-0.1, -0.05) is 25.1 Å². The third-order valence-corrected chi connectivity index (χ3v) is 4.86. The van der Waals surface area contributed by atoms with Gasteiger partial charge in [0.05, 0.1) is 11.1 Å². The van der Waals surface area contributed by atoms with E-state index in [4.69, 9.17) is 5.73 Å². The van der Waals surface area contributed by atoms with Crippen LogP contribution in [-0.4, -0.2) is 10.9 Å². The summed E-state index contributed by atoms with van der Waals surface area (Å²) in [5.74, 6) is 0.583. The second kappa shape index (κ2) is 5.71. The normalized spacial score (nSPS) is 16.8. The molecule has 2 aromatic carbocycles. The maximum absolute atomic E-state index is 12.7. The van der Waals surface area contributed by atoms with Crippen molar-refractivity contribution in [3.63, 3.8) is 0 Å². The van der Waals surface area contributed by atoms with Crippen molar-refractivity contribution in [3.05, 3.63) is 59.3 Å². The second-order valence-corrected chi connectivity index (χ2v) is 6.74. The van der Waals surface area contributed by atoms with Crippen molar-refractivity contribution in [2.45, 2.75) is 26.2 Å². The van der Waals surface area contributed by atoms with E-state index in [1.807, 2.05) is 24.3 Å². The van der Waals surface area contributed by atoms with Crippen molar-refractivity contribution >= 4 is 28.2 Å². The lowest BCUT2D eigenvalue weighted by atomic mass is 9.87. The number of benzene rings is 2. The highest BCUT2D eigenvalue weighted by molar-refractivity contribution is 6.12. The zero-order valence-corrected chi connectivity index (χ0v) is 13.7. The number of nitrogens with two attached hydrogens (primary N) is 1. The lowest BCUT2D eigenvalue weighted by Crippen LogP contribution is -2.12. The Kier molecular flexibility index (Phi) is 3.53. The molecule has 122 valence electrons. The van der Waals surface area contributed by atoms with Gasteiger partial charge in [0.25, 0.3) is 5.91 Å². The monoisotopic (exact) mass is 319 g/mol. The minimum atomic E-state index is -0.113. The molecule has 0 radical (unpaired) electrons. The van der Waals surface area contributed by atoms with Crippen LogP contribution in [0.15, 0.2) is 42.5 Å². The highest BCUT2D eigenvalue weighted by Crippen LogP contribution is 2.33. The number of fused-ring (bicyclic) bond motifs is 3. The standard InChI is InChI=1S/C20H21N3O/c1-12-8-9-18-17(10-12)15-6-3-7-16(19(15)23-18)20(24)22-14-5-2-4-13(21)11-14/h2-7,11-12,23H,8-10,21H2,1H3,(H,22,24). The maximum atomic E-state index is 12.7. The van der Waals surface area contributed by atoms with Gasteiger partial charge in [0, 0.05) is 22.5 Å². The molecule has 0 spiro atoms. The zero-order valence-electron chi connectivity index (χ0n) is 13.7. The van der Waals surface area contributed by atoms with Crippen molar-refractivity contribution in [3.8, 4) is 0 Å². The Morgan fingerprint density at radius 1 is 1.25 bits per heavy atom. The molecule has 0 bridgehead atoms. The van der Waals surface area contributed by atoms with Crippen LogP contribution in [0.25, 0.3) is 10.9 Å². The molecule has 0 aliphatic heterocycles. The van der Waals surface area contributed by atoms with Gasteiger partial charge in [0.2, 0.25) is 0 Å². The summed E-state index contributed by atoms with van der Waals surface area (Å²) in [7, 11) is 0. The molecular weight excluding hydrogens is 298 g/mol. The number of anilines is 2. The molecule has 4 N–H and O–H groups in total. The molecule has 1 aromatic heterocycles. The number of hydrogen-bond acceptors (Lipinski definition) is 2. The Labute approximate surface area is 141 Å². The fourth-order valence-corrected chi connectivity index (χ4v) is 3.62. The number of carbonyl (C=O) groups excluding carboxylic acids is 1. The number of para-hydroxylation sites is 1. The first-order valence-corrected chi connectivity index (χ1v) is 8.41. The van der Waals surface area contributed by atoms with Crippen molar-refractivity contribution < 1.29 is 4.79 Å². The molecule has 1 amide bonds. The maximum Gasteiger partial charge on any atom is 0.257 e. The Balaban J connectivity index is 1.73. The van der Waals surface area contributed by atoms with Crippen LogP contribution >= 0.6 is 0 Å². The molecular formula is C20H21N3O. The van der Waals surface area contributed by atoms with Gasteiger partial charge in [0.15, 0.2) is 0 Å². The minimum absolute atomic E-state index is 0.113. The number of H-pyrrole nitrogens is 1. The molecule has 1 unspecified atom stereocenters. The second-order valence-electron chi connectivity index (χ2n) is 6.74. The smallest absolute Gasteiger partial charge is 0.257 e. The molecule has 4 rings (SSSR count). The number of aryl methyl sites for hydroxylation is 1. The molecule has 0 saturated carbocycles. The average Bonchev–Trinajstić information content (AvgIpc) is 2.92. The summed E-state index contributed by atoms with van der Waals surface area (Å²) in [6, 6.07) is 13.2. The van der Waals surface area contributed by atoms with E-state index in [-0.39, 0.29) is 5.91 Å². The number of nitrogen functional groups attached to an aromatic ring is 1. The molecule has 1 aliphatic carbocycles. The van der Waals surface area contributed by atoms with Crippen LogP contribution in [-0.2, 0) is 12.8 Å². The van der Waals surface area contributed by atoms with Gasteiger partial charge in [0.1, 0.15) is 0 Å². The van der Waals surface area contributed by atoms with Gasteiger partial charge < -0.3 is 16.0 Å². The molecule has 1 heterocycles. The topological polar surface area (TPSA) is 70.9 Å². The Morgan fingerprint density at radius 2 is 2.08 bits per heavy atom. The lowest BCUT2D eigenvalue weighted by Gasteiger charge is -2.17. The first-order valence-electron chi connectivity index (χ1n) is 8.41. The van der Waals surface area contributed by atoms with E-state index in [1.165, 1.54) is 23.1 Å². The van der Waals surface area contributed by atoms with E-state index in [0.717, 1.165) is 18.4 Å². The zero-order chi connectivity index (χ0) is 16.7. The van der Waals surface area contributed by atoms with Crippen LogP contribution in [0.3, 0.4) is 0 Å². The molecule has 3 aromatic rings. The molecule has 4 nitrogen and oxygen atoms in total. The SMILES string of the molecule is CC1CCc2[nH]c3c(C(=O)Nc4cccc(N)c4)cccc3c2C1. The van der Waals surface area contributed by atoms with Gasteiger partial charge in [-0.25, -0.2) is 0 Å². The van der Waals surface area contributed by atoms with Crippen LogP contribution < -0.4 is 11.1 Å². The lowest BCUT2D eigenvalue weighted by molar-refractivity contribution is 0.102. The number of amides is 1. The van der Waals surface area contributed by atoms with Crippen molar-refractivity contribution in [1.29, 1.82) is 0 Å². The van der Waals surface area contributed by atoms with E-state index in [2.05, 4.69) is 23.3 Å². The van der Waals surface area contributed by atoms with Crippen LogP contribution in [0.1, 0.15) is 35.0 Å². The summed E-state index contributed by atoms with van der Waals surface area (Å²) in [5.41, 5.74) is 11.4. The number of aromatic amines is 1. The van der Waals surface area contributed by atoms with Crippen molar-refractivity contribution in [2.75, 3.05) is 11.1 Å². The summed E-state index contributed by atoms with van der Waals surface area (Å²) in [4.78, 5) is 16.2. The molecule has 24 heavy (non-hydrogen) atoms. The predicted molar refractivity (Wildman–Crippen MR) is 98.3 cm³/mol. The number of aromatic nitrogens is 1. The van der Waals surface area contributed by atoms with Crippen molar-refractivity contribution in [1.82, 2.24) is 4.98 Å². The summed E-state index contributed by atoms with van der Waals surface area (Å²) in [6.07, 6.45) is 3.34. The largest absolute Gasteiger partial charge is 0.399 e. The summed E-state index contributed by atoms with van der Waals surface area (Å²) in [5, 5.41) is 4.12. The quantitative estimate of drug-likeness (QED) is 0.622. The average molecular weight is 319 g/mol. The van der Waals surface area contributed by atoms with Gasteiger partial charge in [-0.3, -0.25) is 4.79 Å². The van der Waals surface area contributed by atoms with Crippen LogP contribution in [0.4, 0.5) is 11.4 Å². The third-order valence-electron chi connectivity index (χ3n) is 4.86. The Hall–Kier alpha value is -2.75. The summed E-state index contributed by atoms with van der Waals surface area (Å²) < 4.78 is 0. The highest BCUT2D eigenvalue weighted by Gasteiger charge is 2.22. The Morgan fingerprint density at radius 3 is 2.92 bits per heavy atom. The number of nitrogens with one attached hydrogen (secondary N) is 2. The van der Waals surface area contributed by atoms with Crippen molar-refractivity contribution in [2.24, 2.45) is 5.92 Å². The third kappa shape index (κ3) is 2.54.